The third-order valence-corrected chi connectivity index (χ3v) is 4.13. The van der Waals surface area contributed by atoms with E-state index < -0.39 is 29.4 Å². The molecule has 1 amide bonds. The number of benzene rings is 2. The normalized spacial score (nSPS) is 11.3. The molecule has 9 nitrogen and oxygen atoms in total. The third-order valence-electron chi connectivity index (χ3n) is 4.13. The van der Waals surface area contributed by atoms with Gasteiger partial charge in [-0.1, -0.05) is 30.3 Å². The quantitative estimate of drug-likeness (QED) is 0.360. The summed E-state index contributed by atoms with van der Waals surface area (Å²) in [5, 5.41) is 13.7. The van der Waals surface area contributed by atoms with Gasteiger partial charge < -0.3 is 14.8 Å². The average molecular weight is 414 g/mol. The lowest BCUT2D eigenvalue weighted by atomic mass is 10.0. The van der Waals surface area contributed by atoms with E-state index in [2.05, 4.69) is 5.32 Å². The van der Waals surface area contributed by atoms with Crippen LogP contribution in [-0.2, 0) is 20.7 Å². The van der Waals surface area contributed by atoms with Gasteiger partial charge in [0.15, 0.2) is 18.1 Å². The second-order valence-electron chi connectivity index (χ2n) is 6.37. The van der Waals surface area contributed by atoms with E-state index in [-0.39, 0.29) is 29.4 Å². The minimum Gasteiger partial charge on any atom is -0.487 e. The Morgan fingerprint density at radius 3 is 2.43 bits per heavy atom. The number of rotatable bonds is 10. The number of nitrogens with one attached hydrogen (secondary N) is 1. The van der Waals surface area contributed by atoms with Crippen molar-refractivity contribution in [1.82, 2.24) is 5.32 Å². The summed E-state index contributed by atoms with van der Waals surface area (Å²) in [7, 11) is 0. The molecule has 0 saturated carbocycles. The minimum atomic E-state index is -0.904. The second-order valence-corrected chi connectivity index (χ2v) is 6.37. The molecule has 2 aromatic rings. The van der Waals surface area contributed by atoms with Gasteiger partial charge >= 0.3 is 11.7 Å². The Balaban J connectivity index is 1.97. The van der Waals surface area contributed by atoms with Crippen molar-refractivity contribution in [3.63, 3.8) is 0 Å². The fourth-order valence-electron chi connectivity index (χ4n) is 2.66. The molecular formula is C21H22N2O7. The SMILES string of the molecule is CCOc1ccc(C(=O)OCC(=O)N[C@@H](Cc2ccccc2)C(C)=O)cc1[N+](=O)[O-]. The summed E-state index contributed by atoms with van der Waals surface area (Å²) in [6.45, 7) is 2.64. The maximum Gasteiger partial charge on any atom is 0.338 e. The third kappa shape index (κ3) is 6.40. The largest absolute Gasteiger partial charge is 0.487 e. The smallest absolute Gasteiger partial charge is 0.338 e. The molecule has 30 heavy (non-hydrogen) atoms. The van der Waals surface area contributed by atoms with E-state index in [1.807, 2.05) is 30.3 Å². The highest BCUT2D eigenvalue weighted by Crippen LogP contribution is 2.28. The number of hydrogen-bond donors (Lipinski definition) is 1. The molecule has 0 aliphatic rings. The summed E-state index contributed by atoms with van der Waals surface area (Å²) in [6.07, 6.45) is 0.306. The monoisotopic (exact) mass is 414 g/mol. The van der Waals surface area contributed by atoms with Crippen molar-refractivity contribution in [3.05, 3.63) is 69.8 Å². The maximum absolute atomic E-state index is 12.2. The zero-order chi connectivity index (χ0) is 22.1. The molecule has 0 spiro atoms. The lowest BCUT2D eigenvalue weighted by Crippen LogP contribution is -2.43. The van der Waals surface area contributed by atoms with Crippen molar-refractivity contribution in [1.29, 1.82) is 0 Å². The van der Waals surface area contributed by atoms with Crippen LogP contribution in [0, 0.1) is 10.1 Å². The van der Waals surface area contributed by atoms with E-state index in [1.165, 1.54) is 19.1 Å². The number of hydrogen-bond acceptors (Lipinski definition) is 7. The highest BCUT2D eigenvalue weighted by molar-refractivity contribution is 5.93. The van der Waals surface area contributed by atoms with Crippen LogP contribution in [0.15, 0.2) is 48.5 Å². The van der Waals surface area contributed by atoms with E-state index in [4.69, 9.17) is 9.47 Å². The fraction of sp³-hybridized carbons (Fsp3) is 0.286. The summed E-state index contributed by atoms with van der Waals surface area (Å²) in [4.78, 5) is 46.6. The van der Waals surface area contributed by atoms with Crippen LogP contribution in [0.3, 0.4) is 0 Å². The van der Waals surface area contributed by atoms with E-state index >= 15 is 0 Å². The van der Waals surface area contributed by atoms with E-state index in [1.54, 1.807) is 6.92 Å². The van der Waals surface area contributed by atoms with Crippen molar-refractivity contribution < 1.29 is 28.8 Å². The first-order chi connectivity index (χ1) is 14.3. The zero-order valence-electron chi connectivity index (χ0n) is 16.6. The molecule has 0 aliphatic carbocycles. The molecule has 0 aromatic heterocycles. The molecule has 0 bridgehead atoms. The molecule has 0 saturated heterocycles. The molecule has 2 rings (SSSR count). The van der Waals surface area contributed by atoms with Crippen molar-refractivity contribution in [2.45, 2.75) is 26.3 Å². The van der Waals surface area contributed by atoms with Gasteiger partial charge in [0, 0.05) is 6.07 Å². The van der Waals surface area contributed by atoms with Crippen molar-refractivity contribution in [3.8, 4) is 5.75 Å². The van der Waals surface area contributed by atoms with Crippen LogP contribution in [0.4, 0.5) is 5.69 Å². The van der Waals surface area contributed by atoms with E-state index in [0.29, 0.717) is 6.42 Å². The van der Waals surface area contributed by atoms with Crippen LogP contribution in [-0.4, -0.2) is 41.8 Å². The van der Waals surface area contributed by atoms with Gasteiger partial charge in [0.2, 0.25) is 0 Å². The predicted octanol–water partition coefficient (Wildman–Crippen LogP) is 2.47. The summed E-state index contributed by atoms with van der Waals surface area (Å²) in [5.41, 5.74) is 0.400. The molecule has 1 N–H and O–H groups in total. The van der Waals surface area contributed by atoms with Gasteiger partial charge in [0.25, 0.3) is 5.91 Å². The topological polar surface area (TPSA) is 125 Å². The number of esters is 1. The lowest BCUT2D eigenvalue weighted by molar-refractivity contribution is -0.385. The average Bonchev–Trinajstić information content (AvgIpc) is 2.72. The Bertz CT molecular complexity index is 928. The van der Waals surface area contributed by atoms with Crippen LogP contribution in [0.25, 0.3) is 0 Å². The van der Waals surface area contributed by atoms with Gasteiger partial charge in [-0.2, -0.15) is 0 Å². The number of nitro benzene ring substituents is 1. The first kappa shape index (κ1) is 22.5. The fourth-order valence-corrected chi connectivity index (χ4v) is 2.66. The second kappa shape index (κ2) is 10.7. The highest BCUT2D eigenvalue weighted by atomic mass is 16.6. The van der Waals surface area contributed by atoms with E-state index in [9.17, 15) is 24.5 Å². The van der Waals surface area contributed by atoms with Crippen LogP contribution in [0.5, 0.6) is 5.75 Å². The van der Waals surface area contributed by atoms with Gasteiger partial charge in [-0.05, 0) is 38.0 Å². The molecule has 0 heterocycles. The van der Waals surface area contributed by atoms with Crippen molar-refractivity contribution in [2.75, 3.05) is 13.2 Å². The minimum absolute atomic E-state index is 0.0296. The van der Waals surface area contributed by atoms with E-state index in [0.717, 1.165) is 11.6 Å². The molecule has 2 aromatic carbocycles. The van der Waals surface area contributed by atoms with Crippen LogP contribution in [0.2, 0.25) is 0 Å². The van der Waals surface area contributed by atoms with Gasteiger partial charge in [-0.3, -0.25) is 19.7 Å². The van der Waals surface area contributed by atoms with Crippen LogP contribution >= 0.6 is 0 Å². The molecular weight excluding hydrogens is 392 g/mol. The lowest BCUT2D eigenvalue weighted by Gasteiger charge is -2.16. The Morgan fingerprint density at radius 2 is 1.83 bits per heavy atom. The summed E-state index contributed by atoms with van der Waals surface area (Å²) >= 11 is 0. The molecule has 1 atom stereocenters. The number of nitro groups is 1. The number of carbonyl (C=O) groups is 3. The molecule has 158 valence electrons. The van der Waals surface area contributed by atoms with Crippen LogP contribution in [0.1, 0.15) is 29.8 Å². The molecule has 0 unspecified atom stereocenters. The summed E-state index contributed by atoms with van der Waals surface area (Å²) in [5.74, 6) is -1.76. The number of ketones is 1. The first-order valence-corrected chi connectivity index (χ1v) is 9.24. The number of amides is 1. The maximum atomic E-state index is 12.2. The molecule has 9 heteroatoms. The number of ether oxygens (including phenoxy) is 2. The van der Waals surface area contributed by atoms with Crippen molar-refractivity contribution >= 4 is 23.3 Å². The standard InChI is InChI=1S/C21H22N2O7/c1-3-29-19-10-9-16(12-18(19)23(27)28)21(26)30-13-20(25)22-17(14(2)24)11-15-7-5-4-6-8-15/h4-10,12,17H,3,11,13H2,1-2H3,(H,22,25)/t17-/m0/s1. The highest BCUT2D eigenvalue weighted by Gasteiger charge is 2.21. The first-order valence-electron chi connectivity index (χ1n) is 9.24. The number of Topliss-reactive ketones (excluding diaryl/α,β-unsaturated/α-hetero) is 1. The number of carbonyl (C=O) groups excluding carboxylic acids is 3. The van der Waals surface area contributed by atoms with Gasteiger partial charge in [0.05, 0.1) is 23.1 Å². The molecule has 0 radical (unpaired) electrons. The molecule has 0 aliphatic heterocycles. The Labute approximate surface area is 173 Å². The number of nitrogens with zero attached hydrogens (tertiary/aromatic N) is 1. The molecule has 0 fully saturated rings. The van der Waals surface area contributed by atoms with Crippen molar-refractivity contribution in [2.24, 2.45) is 0 Å². The van der Waals surface area contributed by atoms with Crippen LogP contribution < -0.4 is 10.1 Å². The summed E-state index contributed by atoms with van der Waals surface area (Å²) < 4.78 is 10.1. The Hall–Kier alpha value is -3.75. The Morgan fingerprint density at radius 1 is 1.13 bits per heavy atom. The Kier molecular flexibility index (Phi) is 8.04. The van der Waals surface area contributed by atoms with Gasteiger partial charge in [0.1, 0.15) is 0 Å². The predicted molar refractivity (Wildman–Crippen MR) is 107 cm³/mol. The van der Waals surface area contributed by atoms with Gasteiger partial charge in [-0.25, -0.2) is 4.79 Å². The van der Waals surface area contributed by atoms with Gasteiger partial charge in [-0.15, -0.1) is 0 Å². The summed E-state index contributed by atoms with van der Waals surface area (Å²) in [6, 6.07) is 12.0. The zero-order valence-corrected chi connectivity index (χ0v) is 16.6.